The predicted molar refractivity (Wildman–Crippen MR) is 120 cm³/mol. The van der Waals surface area contributed by atoms with E-state index >= 15 is 0 Å². The van der Waals surface area contributed by atoms with Gasteiger partial charge in [-0.3, -0.25) is 0 Å². The first-order valence-corrected chi connectivity index (χ1v) is 12.1. The highest BCUT2D eigenvalue weighted by Gasteiger charge is 2.35. The Morgan fingerprint density at radius 1 is 0.818 bits per heavy atom. The van der Waals surface area contributed by atoms with E-state index in [0.29, 0.717) is 18.1 Å². The van der Waals surface area contributed by atoms with Gasteiger partial charge < -0.3 is 4.74 Å². The Morgan fingerprint density at radius 3 is 2.00 bits per heavy atom. The molecule has 0 heterocycles. The molecule has 0 spiro atoms. The van der Waals surface area contributed by atoms with Crippen LogP contribution in [-0.2, 0) is 6.11 Å². The van der Waals surface area contributed by atoms with Crippen molar-refractivity contribution >= 4 is 0 Å². The van der Waals surface area contributed by atoms with Crippen molar-refractivity contribution < 1.29 is 26.7 Å². The molecule has 0 bridgehead atoms. The third-order valence-electron chi connectivity index (χ3n) is 6.73. The van der Waals surface area contributed by atoms with Crippen LogP contribution in [0.5, 0.6) is 5.75 Å². The molecule has 1 aliphatic carbocycles. The summed E-state index contributed by atoms with van der Waals surface area (Å²) in [6.45, 7) is 2.23. The molecule has 0 N–H and O–H groups in total. The van der Waals surface area contributed by atoms with Crippen LogP contribution < -0.4 is 4.74 Å². The molecular weight excluding hydrogens is 435 g/mol. The SMILES string of the molecule is CCCCCCCC[C@H]1CC[C@H](c2ccc(C(F)(F)Oc3cc(F)c(F)c(F)c3)cc2)CC1. The molecule has 1 fully saturated rings. The van der Waals surface area contributed by atoms with Gasteiger partial charge in [0.2, 0.25) is 0 Å². The van der Waals surface area contributed by atoms with Gasteiger partial charge >= 0.3 is 6.11 Å². The molecule has 0 amide bonds. The molecule has 1 saturated carbocycles. The van der Waals surface area contributed by atoms with Crippen molar-refractivity contribution in [3.05, 3.63) is 65.0 Å². The van der Waals surface area contributed by atoms with Crippen LogP contribution in [0, 0.1) is 23.4 Å². The topological polar surface area (TPSA) is 9.23 Å². The molecule has 2 aromatic carbocycles. The maximum absolute atomic E-state index is 14.5. The van der Waals surface area contributed by atoms with E-state index in [4.69, 9.17) is 0 Å². The van der Waals surface area contributed by atoms with Gasteiger partial charge in [0, 0.05) is 12.1 Å². The van der Waals surface area contributed by atoms with Gasteiger partial charge in [-0.15, -0.1) is 0 Å². The molecule has 3 rings (SSSR count). The van der Waals surface area contributed by atoms with Gasteiger partial charge in [0.15, 0.2) is 17.5 Å². The maximum Gasteiger partial charge on any atom is 0.426 e. The van der Waals surface area contributed by atoms with Crippen molar-refractivity contribution in [2.45, 2.75) is 89.6 Å². The molecule has 6 heteroatoms. The molecule has 0 aromatic heterocycles. The first-order chi connectivity index (χ1) is 15.8. The third kappa shape index (κ3) is 7.18. The number of hydrogen-bond donors (Lipinski definition) is 0. The minimum Gasteiger partial charge on any atom is -0.429 e. The average Bonchev–Trinajstić information content (AvgIpc) is 2.80. The van der Waals surface area contributed by atoms with E-state index in [9.17, 15) is 22.0 Å². The van der Waals surface area contributed by atoms with Crippen LogP contribution in [0.4, 0.5) is 22.0 Å². The zero-order valence-corrected chi connectivity index (χ0v) is 19.2. The van der Waals surface area contributed by atoms with Gasteiger partial charge in [0.25, 0.3) is 0 Å². The second-order valence-electron chi connectivity index (χ2n) is 9.22. The molecule has 0 radical (unpaired) electrons. The normalized spacial score (nSPS) is 19.0. The molecule has 1 nitrogen and oxygen atoms in total. The van der Waals surface area contributed by atoms with Gasteiger partial charge in [-0.25, -0.2) is 13.2 Å². The van der Waals surface area contributed by atoms with Crippen LogP contribution in [-0.4, -0.2) is 0 Å². The summed E-state index contributed by atoms with van der Waals surface area (Å²) in [7, 11) is 0. The number of rotatable bonds is 11. The van der Waals surface area contributed by atoms with E-state index in [1.54, 1.807) is 12.1 Å². The summed E-state index contributed by atoms with van der Waals surface area (Å²) in [4.78, 5) is 0. The van der Waals surface area contributed by atoms with Crippen molar-refractivity contribution in [2.75, 3.05) is 0 Å². The van der Waals surface area contributed by atoms with Crippen molar-refractivity contribution in [2.24, 2.45) is 5.92 Å². The molecule has 33 heavy (non-hydrogen) atoms. The standard InChI is InChI=1S/C27H33F5O/c1-2-3-4-5-6-7-8-19-9-11-20(12-10-19)21-13-15-22(16-14-21)27(31,32)33-23-17-24(28)26(30)25(29)18-23/h13-20H,2-12H2,1H3/t19-,20-. The number of benzene rings is 2. The van der Waals surface area contributed by atoms with Crippen LogP contribution in [0.1, 0.15) is 94.6 Å². The Morgan fingerprint density at radius 2 is 1.39 bits per heavy atom. The lowest BCUT2D eigenvalue weighted by molar-refractivity contribution is -0.185. The molecular formula is C27H33F5O. The summed E-state index contributed by atoms with van der Waals surface area (Å²) < 4.78 is 73.1. The molecule has 2 aromatic rings. The van der Waals surface area contributed by atoms with Gasteiger partial charge in [0.1, 0.15) is 5.75 Å². The van der Waals surface area contributed by atoms with Crippen LogP contribution in [0.15, 0.2) is 36.4 Å². The quantitative estimate of drug-likeness (QED) is 0.181. The zero-order valence-electron chi connectivity index (χ0n) is 19.2. The molecule has 0 aliphatic heterocycles. The first-order valence-electron chi connectivity index (χ1n) is 12.1. The van der Waals surface area contributed by atoms with Crippen LogP contribution >= 0.6 is 0 Å². The number of halogens is 5. The Bertz CT molecular complexity index is 850. The van der Waals surface area contributed by atoms with Crippen molar-refractivity contribution in [1.82, 2.24) is 0 Å². The Balaban J connectivity index is 1.50. The number of ether oxygens (including phenoxy) is 1. The highest BCUT2D eigenvalue weighted by Crippen LogP contribution is 2.39. The van der Waals surface area contributed by atoms with Crippen LogP contribution in [0.25, 0.3) is 0 Å². The summed E-state index contributed by atoms with van der Waals surface area (Å²) in [6.07, 6.45) is 9.80. The highest BCUT2D eigenvalue weighted by atomic mass is 19.3. The van der Waals surface area contributed by atoms with E-state index in [1.165, 1.54) is 69.9 Å². The third-order valence-corrected chi connectivity index (χ3v) is 6.73. The predicted octanol–water partition coefficient (Wildman–Crippen LogP) is 9.26. The summed E-state index contributed by atoms with van der Waals surface area (Å²) in [5.41, 5.74) is 0.597. The van der Waals surface area contributed by atoms with E-state index in [0.717, 1.165) is 24.3 Å². The van der Waals surface area contributed by atoms with Gasteiger partial charge in [-0.1, -0.05) is 64.0 Å². The molecule has 1 aliphatic rings. The fraction of sp³-hybridized carbons (Fsp3) is 0.556. The summed E-state index contributed by atoms with van der Waals surface area (Å²) in [5, 5.41) is 0. The summed E-state index contributed by atoms with van der Waals surface area (Å²) in [6, 6.07) is 6.74. The second kappa shape index (κ2) is 11.8. The molecule has 182 valence electrons. The Kier molecular flexibility index (Phi) is 9.16. The monoisotopic (exact) mass is 468 g/mol. The first kappa shape index (κ1) is 25.5. The van der Waals surface area contributed by atoms with E-state index in [-0.39, 0.29) is 0 Å². The van der Waals surface area contributed by atoms with Gasteiger partial charge in [-0.05, 0) is 55.2 Å². The fourth-order valence-corrected chi connectivity index (χ4v) is 4.75. The highest BCUT2D eigenvalue weighted by molar-refractivity contribution is 5.30. The summed E-state index contributed by atoms with van der Waals surface area (Å²) in [5.74, 6) is -4.54. The summed E-state index contributed by atoms with van der Waals surface area (Å²) >= 11 is 0. The van der Waals surface area contributed by atoms with Crippen molar-refractivity contribution in [3.63, 3.8) is 0 Å². The second-order valence-corrected chi connectivity index (χ2v) is 9.22. The smallest absolute Gasteiger partial charge is 0.426 e. The molecule has 0 unspecified atom stereocenters. The Hall–Kier alpha value is -2.11. The largest absolute Gasteiger partial charge is 0.429 e. The average molecular weight is 469 g/mol. The lowest BCUT2D eigenvalue weighted by Crippen LogP contribution is -2.22. The maximum atomic E-state index is 14.5. The molecule has 0 atom stereocenters. The van der Waals surface area contributed by atoms with Crippen LogP contribution in [0.3, 0.4) is 0 Å². The molecule has 0 saturated heterocycles. The van der Waals surface area contributed by atoms with E-state index in [2.05, 4.69) is 11.7 Å². The number of alkyl halides is 2. The fourth-order valence-electron chi connectivity index (χ4n) is 4.75. The van der Waals surface area contributed by atoms with Crippen molar-refractivity contribution in [1.29, 1.82) is 0 Å². The number of unbranched alkanes of at least 4 members (excludes halogenated alkanes) is 5. The van der Waals surface area contributed by atoms with Crippen LogP contribution in [0.2, 0.25) is 0 Å². The lowest BCUT2D eigenvalue weighted by Gasteiger charge is -2.29. The minimum absolute atomic E-state index is 0.356. The Labute approximate surface area is 193 Å². The van der Waals surface area contributed by atoms with Gasteiger partial charge in [-0.2, -0.15) is 8.78 Å². The minimum atomic E-state index is -3.80. The zero-order chi connectivity index (χ0) is 23.8. The number of hydrogen-bond acceptors (Lipinski definition) is 1. The van der Waals surface area contributed by atoms with Crippen molar-refractivity contribution in [3.8, 4) is 5.75 Å². The van der Waals surface area contributed by atoms with E-state index in [1.807, 2.05) is 0 Å². The lowest BCUT2D eigenvalue weighted by atomic mass is 9.77. The van der Waals surface area contributed by atoms with Gasteiger partial charge in [0.05, 0.1) is 5.56 Å². The van der Waals surface area contributed by atoms with E-state index < -0.39 is 34.9 Å².